The molecule has 1 heterocycles. The van der Waals surface area contributed by atoms with Crippen LogP contribution < -0.4 is 0 Å². The molecule has 1 saturated heterocycles. The van der Waals surface area contributed by atoms with Gasteiger partial charge in [0.2, 0.25) is 0 Å². The molecular formula is C9H13F5O2. The summed E-state index contributed by atoms with van der Waals surface area (Å²) in [7, 11) is 0. The van der Waals surface area contributed by atoms with Crippen molar-refractivity contribution >= 4 is 0 Å². The lowest BCUT2D eigenvalue weighted by Gasteiger charge is -2.24. The number of hydrogen-bond acceptors (Lipinski definition) is 2. The fourth-order valence-electron chi connectivity index (χ4n) is 1.30. The smallest absolute Gasteiger partial charge is 0.353 e. The molecule has 2 nitrogen and oxygen atoms in total. The number of hydrogen-bond donors (Lipinski definition) is 0. The summed E-state index contributed by atoms with van der Waals surface area (Å²) in [5.41, 5.74) is 0. The summed E-state index contributed by atoms with van der Waals surface area (Å²) in [5.74, 6) is -4.69. The zero-order chi connectivity index (χ0) is 12.2. The largest absolute Gasteiger partial charge is 0.453 e. The molecule has 1 rings (SSSR count). The molecule has 7 heteroatoms. The van der Waals surface area contributed by atoms with E-state index in [1.54, 1.807) is 0 Å². The molecule has 16 heavy (non-hydrogen) atoms. The maximum absolute atomic E-state index is 12.4. The van der Waals surface area contributed by atoms with Gasteiger partial charge >= 0.3 is 12.1 Å². The Labute approximate surface area is 89.7 Å². The first kappa shape index (κ1) is 13.6. The van der Waals surface area contributed by atoms with Crippen LogP contribution >= 0.6 is 0 Å². The molecule has 1 atom stereocenters. The van der Waals surface area contributed by atoms with Crippen LogP contribution in [0.3, 0.4) is 0 Å². The lowest BCUT2D eigenvalue weighted by molar-refractivity contribution is -0.290. The Morgan fingerprint density at radius 2 is 1.81 bits per heavy atom. The molecule has 1 unspecified atom stereocenters. The van der Waals surface area contributed by atoms with Gasteiger partial charge in [0.05, 0.1) is 6.61 Å². The zero-order valence-corrected chi connectivity index (χ0v) is 8.53. The highest BCUT2D eigenvalue weighted by molar-refractivity contribution is 4.75. The van der Waals surface area contributed by atoms with Gasteiger partial charge in [-0.1, -0.05) is 0 Å². The maximum atomic E-state index is 12.4. The first-order valence-electron chi connectivity index (χ1n) is 5.01. The SMILES string of the molecule is FC(F)(F)C(F)(F)CCOC1CCCCO1. The third-order valence-electron chi connectivity index (χ3n) is 2.27. The summed E-state index contributed by atoms with van der Waals surface area (Å²) < 4.78 is 70.0. The molecule has 0 aromatic rings. The predicted octanol–water partition coefficient (Wildman–Crippen LogP) is 3.12. The molecule has 1 fully saturated rings. The fourth-order valence-corrected chi connectivity index (χ4v) is 1.30. The van der Waals surface area contributed by atoms with Crippen molar-refractivity contribution < 1.29 is 31.4 Å². The van der Waals surface area contributed by atoms with E-state index in [2.05, 4.69) is 0 Å². The van der Waals surface area contributed by atoms with E-state index in [4.69, 9.17) is 9.47 Å². The predicted molar refractivity (Wildman–Crippen MR) is 45.2 cm³/mol. The molecule has 0 spiro atoms. The van der Waals surface area contributed by atoms with Crippen LogP contribution in [0.15, 0.2) is 0 Å². The number of alkyl halides is 5. The van der Waals surface area contributed by atoms with Gasteiger partial charge < -0.3 is 9.47 Å². The second-order valence-corrected chi connectivity index (χ2v) is 3.62. The number of ether oxygens (including phenoxy) is 2. The topological polar surface area (TPSA) is 18.5 Å². The average molecular weight is 248 g/mol. The summed E-state index contributed by atoms with van der Waals surface area (Å²) in [4.78, 5) is 0. The van der Waals surface area contributed by atoms with Crippen LogP contribution in [0.5, 0.6) is 0 Å². The molecule has 1 aliphatic heterocycles. The zero-order valence-electron chi connectivity index (χ0n) is 8.53. The van der Waals surface area contributed by atoms with Crippen molar-refractivity contribution in [2.45, 2.75) is 44.1 Å². The molecule has 96 valence electrons. The van der Waals surface area contributed by atoms with E-state index in [-0.39, 0.29) is 0 Å². The molecular weight excluding hydrogens is 235 g/mol. The van der Waals surface area contributed by atoms with E-state index in [1.165, 1.54) is 0 Å². The molecule has 0 N–H and O–H groups in total. The molecule has 1 aliphatic rings. The van der Waals surface area contributed by atoms with Gasteiger partial charge in [0.15, 0.2) is 6.29 Å². The molecule has 0 aromatic carbocycles. The number of rotatable bonds is 4. The highest BCUT2D eigenvalue weighted by Crippen LogP contribution is 2.38. The lowest BCUT2D eigenvalue weighted by Crippen LogP contribution is -2.38. The van der Waals surface area contributed by atoms with Crippen molar-refractivity contribution in [3.63, 3.8) is 0 Å². The van der Waals surface area contributed by atoms with Crippen LogP contribution in [0, 0.1) is 0 Å². The lowest BCUT2D eigenvalue weighted by atomic mass is 10.2. The van der Waals surface area contributed by atoms with E-state index in [0.29, 0.717) is 13.0 Å². The molecule has 0 aromatic heterocycles. The van der Waals surface area contributed by atoms with Crippen molar-refractivity contribution in [1.82, 2.24) is 0 Å². The average Bonchev–Trinajstić information content (AvgIpc) is 2.17. The molecule has 0 bridgehead atoms. The Kier molecular flexibility index (Phi) is 4.49. The fraction of sp³-hybridized carbons (Fsp3) is 1.00. The summed E-state index contributed by atoms with van der Waals surface area (Å²) in [5, 5.41) is 0. The van der Waals surface area contributed by atoms with E-state index in [9.17, 15) is 22.0 Å². The molecule has 0 saturated carbocycles. The normalized spacial score (nSPS) is 23.4. The Hall–Kier alpha value is -0.430. The second-order valence-electron chi connectivity index (χ2n) is 3.62. The van der Waals surface area contributed by atoms with Gasteiger partial charge in [0.25, 0.3) is 0 Å². The van der Waals surface area contributed by atoms with Crippen LogP contribution in [-0.2, 0) is 9.47 Å². The Morgan fingerprint density at radius 1 is 1.12 bits per heavy atom. The third kappa shape index (κ3) is 3.86. The standard InChI is InChI=1S/C9H13F5O2/c10-8(11,9(12,13)14)4-6-16-7-3-1-2-5-15-7/h7H,1-6H2. The van der Waals surface area contributed by atoms with Crippen LogP contribution in [-0.4, -0.2) is 31.6 Å². The van der Waals surface area contributed by atoms with Crippen LogP contribution in [0.1, 0.15) is 25.7 Å². The summed E-state index contributed by atoms with van der Waals surface area (Å²) in [6, 6.07) is 0. The second kappa shape index (κ2) is 5.27. The monoisotopic (exact) mass is 248 g/mol. The van der Waals surface area contributed by atoms with Gasteiger partial charge in [-0.25, -0.2) is 0 Å². The van der Waals surface area contributed by atoms with Gasteiger partial charge in [-0.15, -0.1) is 0 Å². The van der Waals surface area contributed by atoms with Gasteiger partial charge in [-0.3, -0.25) is 0 Å². The van der Waals surface area contributed by atoms with Crippen LogP contribution in [0.2, 0.25) is 0 Å². The maximum Gasteiger partial charge on any atom is 0.453 e. The highest BCUT2D eigenvalue weighted by Gasteiger charge is 2.56. The molecule has 0 aliphatic carbocycles. The minimum atomic E-state index is -5.51. The summed E-state index contributed by atoms with van der Waals surface area (Å²) >= 11 is 0. The van der Waals surface area contributed by atoms with Gasteiger partial charge in [0, 0.05) is 13.0 Å². The van der Waals surface area contributed by atoms with Crippen molar-refractivity contribution in [2.24, 2.45) is 0 Å². The Balaban J connectivity index is 2.23. The number of halogens is 5. The highest BCUT2D eigenvalue weighted by atomic mass is 19.4. The minimum absolute atomic E-state index is 0.459. The van der Waals surface area contributed by atoms with Gasteiger partial charge in [-0.05, 0) is 19.3 Å². The first-order valence-corrected chi connectivity index (χ1v) is 5.01. The van der Waals surface area contributed by atoms with E-state index in [1.807, 2.05) is 0 Å². The van der Waals surface area contributed by atoms with Crippen molar-refractivity contribution in [1.29, 1.82) is 0 Å². The quantitative estimate of drug-likeness (QED) is 0.712. The van der Waals surface area contributed by atoms with Crippen LogP contribution in [0.4, 0.5) is 22.0 Å². The molecule has 0 radical (unpaired) electrons. The van der Waals surface area contributed by atoms with Gasteiger partial charge in [0.1, 0.15) is 0 Å². The third-order valence-corrected chi connectivity index (χ3v) is 2.27. The Bertz CT molecular complexity index is 210. The van der Waals surface area contributed by atoms with E-state index < -0.39 is 31.4 Å². The summed E-state index contributed by atoms with van der Waals surface area (Å²) in [6.45, 7) is -0.197. The van der Waals surface area contributed by atoms with Crippen LogP contribution in [0.25, 0.3) is 0 Å². The molecule has 0 amide bonds. The summed E-state index contributed by atoms with van der Waals surface area (Å²) in [6.07, 6.45) is -5.28. The first-order chi connectivity index (χ1) is 7.33. The Morgan fingerprint density at radius 3 is 2.31 bits per heavy atom. The van der Waals surface area contributed by atoms with E-state index >= 15 is 0 Å². The van der Waals surface area contributed by atoms with E-state index in [0.717, 1.165) is 12.8 Å². The minimum Gasteiger partial charge on any atom is -0.353 e. The van der Waals surface area contributed by atoms with Crippen molar-refractivity contribution in [3.05, 3.63) is 0 Å². The van der Waals surface area contributed by atoms with Crippen molar-refractivity contribution in [2.75, 3.05) is 13.2 Å². The van der Waals surface area contributed by atoms with Gasteiger partial charge in [-0.2, -0.15) is 22.0 Å². The van der Waals surface area contributed by atoms with Crippen molar-refractivity contribution in [3.8, 4) is 0 Å².